The van der Waals surface area contributed by atoms with Crippen LogP contribution in [0.25, 0.3) is 0 Å². The van der Waals surface area contributed by atoms with Crippen LogP contribution < -0.4 is 11.1 Å². The Bertz CT molecular complexity index is 310. The van der Waals surface area contributed by atoms with Gasteiger partial charge >= 0.3 is 0 Å². The Morgan fingerprint density at radius 1 is 1.16 bits per heavy atom. The zero-order valence-corrected chi connectivity index (χ0v) is 12.6. The summed E-state index contributed by atoms with van der Waals surface area (Å²) >= 11 is 0. The van der Waals surface area contributed by atoms with Crippen LogP contribution in [0.5, 0.6) is 0 Å². The molecular formula is C16H30N2O. The third kappa shape index (κ3) is 3.95. The molecule has 2 fully saturated rings. The van der Waals surface area contributed by atoms with E-state index in [9.17, 15) is 4.79 Å². The lowest BCUT2D eigenvalue weighted by atomic mass is 9.76. The molecular weight excluding hydrogens is 236 g/mol. The Kier molecular flexibility index (Phi) is 4.88. The Morgan fingerprint density at radius 2 is 1.84 bits per heavy atom. The van der Waals surface area contributed by atoms with E-state index in [4.69, 9.17) is 5.73 Å². The predicted octanol–water partition coefficient (Wildman–Crippen LogP) is 2.84. The summed E-state index contributed by atoms with van der Waals surface area (Å²) < 4.78 is 0. The summed E-state index contributed by atoms with van der Waals surface area (Å²) in [5, 5.41) is 3.13. The molecule has 1 amide bonds. The van der Waals surface area contributed by atoms with Gasteiger partial charge in [-0.2, -0.15) is 0 Å². The lowest BCUT2D eigenvalue weighted by molar-refractivity contribution is -0.128. The van der Waals surface area contributed by atoms with Crippen molar-refractivity contribution in [3.05, 3.63) is 0 Å². The topological polar surface area (TPSA) is 55.1 Å². The van der Waals surface area contributed by atoms with Crippen LogP contribution in [0, 0.1) is 17.8 Å². The van der Waals surface area contributed by atoms with Crippen LogP contribution in [0.1, 0.15) is 65.2 Å². The predicted molar refractivity (Wildman–Crippen MR) is 78.7 cm³/mol. The summed E-state index contributed by atoms with van der Waals surface area (Å²) in [6.45, 7) is 5.36. The van der Waals surface area contributed by atoms with Gasteiger partial charge in [-0.25, -0.2) is 0 Å². The van der Waals surface area contributed by atoms with Gasteiger partial charge in [-0.05, 0) is 43.4 Å². The highest BCUT2D eigenvalue weighted by Crippen LogP contribution is 2.31. The van der Waals surface area contributed by atoms with Crippen LogP contribution in [0.4, 0.5) is 0 Å². The second kappa shape index (κ2) is 6.25. The highest BCUT2D eigenvalue weighted by Gasteiger charge is 2.38. The first-order chi connectivity index (χ1) is 8.99. The van der Waals surface area contributed by atoms with Crippen molar-refractivity contribution in [1.29, 1.82) is 0 Å². The first-order valence-electron chi connectivity index (χ1n) is 8.07. The molecule has 0 radical (unpaired) electrons. The average molecular weight is 266 g/mol. The Hall–Kier alpha value is -0.570. The minimum absolute atomic E-state index is 0.0951. The van der Waals surface area contributed by atoms with E-state index in [2.05, 4.69) is 19.2 Å². The van der Waals surface area contributed by atoms with Crippen LogP contribution >= 0.6 is 0 Å². The van der Waals surface area contributed by atoms with Crippen molar-refractivity contribution in [3.8, 4) is 0 Å². The van der Waals surface area contributed by atoms with Crippen molar-refractivity contribution < 1.29 is 4.79 Å². The van der Waals surface area contributed by atoms with Crippen LogP contribution in [0.3, 0.4) is 0 Å². The Labute approximate surface area is 117 Å². The van der Waals surface area contributed by atoms with Gasteiger partial charge in [-0.3, -0.25) is 4.79 Å². The second-order valence-corrected chi connectivity index (χ2v) is 7.19. The van der Waals surface area contributed by atoms with Gasteiger partial charge in [0.05, 0.1) is 5.54 Å². The monoisotopic (exact) mass is 266 g/mol. The molecule has 3 N–H and O–H groups in total. The zero-order valence-electron chi connectivity index (χ0n) is 12.6. The zero-order chi connectivity index (χ0) is 13.9. The van der Waals surface area contributed by atoms with E-state index in [0.29, 0.717) is 11.8 Å². The molecule has 0 saturated heterocycles. The molecule has 0 aliphatic heterocycles. The summed E-state index contributed by atoms with van der Waals surface area (Å²) in [6, 6.07) is 0. The standard InChI is InChI=1S/C16H30N2O/c1-12-5-7-14(8-6-12)11-18-15(19)16(17)9-3-4-13(2)10-16/h12-14H,3-11,17H2,1-2H3,(H,18,19). The number of amides is 1. The van der Waals surface area contributed by atoms with E-state index in [1.165, 1.54) is 32.1 Å². The van der Waals surface area contributed by atoms with E-state index in [0.717, 1.165) is 31.7 Å². The number of hydrogen-bond donors (Lipinski definition) is 2. The highest BCUT2D eigenvalue weighted by atomic mass is 16.2. The highest BCUT2D eigenvalue weighted by molar-refractivity contribution is 5.86. The fourth-order valence-corrected chi connectivity index (χ4v) is 3.74. The van der Waals surface area contributed by atoms with Crippen molar-refractivity contribution in [2.75, 3.05) is 6.54 Å². The number of carbonyl (C=O) groups is 1. The second-order valence-electron chi connectivity index (χ2n) is 7.19. The maximum atomic E-state index is 12.3. The molecule has 0 heterocycles. The van der Waals surface area contributed by atoms with Crippen molar-refractivity contribution in [2.24, 2.45) is 23.5 Å². The number of carbonyl (C=O) groups excluding carboxylic acids is 1. The Balaban J connectivity index is 1.77. The van der Waals surface area contributed by atoms with Crippen molar-refractivity contribution in [1.82, 2.24) is 5.32 Å². The minimum Gasteiger partial charge on any atom is -0.354 e. The molecule has 2 saturated carbocycles. The van der Waals surface area contributed by atoms with E-state index in [1.54, 1.807) is 0 Å². The molecule has 2 atom stereocenters. The maximum absolute atomic E-state index is 12.3. The minimum atomic E-state index is -0.598. The fourth-order valence-electron chi connectivity index (χ4n) is 3.74. The van der Waals surface area contributed by atoms with Gasteiger partial charge in [0.1, 0.15) is 0 Å². The van der Waals surface area contributed by atoms with Gasteiger partial charge < -0.3 is 11.1 Å². The average Bonchev–Trinajstić information content (AvgIpc) is 2.37. The molecule has 2 aliphatic carbocycles. The van der Waals surface area contributed by atoms with Crippen molar-refractivity contribution in [3.63, 3.8) is 0 Å². The third-order valence-electron chi connectivity index (χ3n) is 5.17. The molecule has 0 aromatic rings. The summed E-state index contributed by atoms with van der Waals surface area (Å²) in [7, 11) is 0. The first kappa shape index (κ1) is 14.8. The first-order valence-corrected chi connectivity index (χ1v) is 8.07. The maximum Gasteiger partial charge on any atom is 0.240 e. The van der Waals surface area contributed by atoms with Gasteiger partial charge in [0.25, 0.3) is 0 Å². The quantitative estimate of drug-likeness (QED) is 0.825. The molecule has 19 heavy (non-hydrogen) atoms. The lowest BCUT2D eigenvalue weighted by Gasteiger charge is -2.36. The lowest BCUT2D eigenvalue weighted by Crippen LogP contribution is -2.56. The molecule has 2 aliphatic rings. The smallest absolute Gasteiger partial charge is 0.240 e. The van der Waals surface area contributed by atoms with E-state index in [1.807, 2.05) is 0 Å². The third-order valence-corrected chi connectivity index (χ3v) is 5.17. The molecule has 2 unspecified atom stereocenters. The van der Waals surface area contributed by atoms with E-state index in [-0.39, 0.29) is 5.91 Å². The van der Waals surface area contributed by atoms with Gasteiger partial charge in [0.2, 0.25) is 5.91 Å². The van der Waals surface area contributed by atoms with E-state index < -0.39 is 5.54 Å². The van der Waals surface area contributed by atoms with Crippen molar-refractivity contribution in [2.45, 2.75) is 70.8 Å². The van der Waals surface area contributed by atoms with Gasteiger partial charge in [0.15, 0.2) is 0 Å². The van der Waals surface area contributed by atoms with Crippen LogP contribution in [-0.2, 0) is 4.79 Å². The SMILES string of the molecule is CC1CCC(CNC(=O)C2(N)CCCC(C)C2)CC1. The summed E-state index contributed by atoms with van der Waals surface area (Å²) in [5.74, 6) is 2.22. The molecule has 2 rings (SSSR count). The summed E-state index contributed by atoms with van der Waals surface area (Å²) in [5.41, 5.74) is 5.72. The summed E-state index contributed by atoms with van der Waals surface area (Å²) in [6.07, 6.45) is 9.14. The van der Waals surface area contributed by atoms with Gasteiger partial charge in [0, 0.05) is 6.54 Å². The normalized spacial score (nSPS) is 39.8. The fraction of sp³-hybridized carbons (Fsp3) is 0.938. The molecule has 110 valence electrons. The largest absolute Gasteiger partial charge is 0.354 e. The number of rotatable bonds is 3. The molecule has 0 aromatic heterocycles. The number of nitrogens with two attached hydrogens (primary N) is 1. The van der Waals surface area contributed by atoms with Crippen LogP contribution in [-0.4, -0.2) is 18.0 Å². The van der Waals surface area contributed by atoms with Crippen molar-refractivity contribution >= 4 is 5.91 Å². The number of nitrogens with one attached hydrogen (secondary N) is 1. The molecule has 0 bridgehead atoms. The molecule has 0 spiro atoms. The molecule has 3 heteroatoms. The van der Waals surface area contributed by atoms with E-state index >= 15 is 0 Å². The molecule has 0 aromatic carbocycles. The molecule has 3 nitrogen and oxygen atoms in total. The van der Waals surface area contributed by atoms with Gasteiger partial charge in [-0.15, -0.1) is 0 Å². The van der Waals surface area contributed by atoms with Crippen LogP contribution in [0.2, 0.25) is 0 Å². The van der Waals surface area contributed by atoms with Gasteiger partial charge in [-0.1, -0.05) is 39.5 Å². The number of hydrogen-bond acceptors (Lipinski definition) is 2. The van der Waals surface area contributed by atoms with Crippen LogP contribution in [0.15, 0.2) is 0 Å². The summed E-state index contributed by atoms with van der Waals surface area (Å²) in [4.78, 5) is 12.3. The Morgan fingerprint density at radius 3 is 2.47 bits per heavy atom.